The summed E-state index contributed by atoms with van der Waals surface area (Å²) < 4.78 is 7.77. The summed E-state index contributed by atoms with van der Waals surface area (Å²) in [6, 6.07) is 0.534. The van der Waals surface area contributed by atoms with Gasteiger partial charge in [0, 0.05) is 29.8 Å². The summed E-state index contributed by atoms with van der Waals surface area (Å²) in [4.78, 5) is 14.1. The number of thioether (sulfide) groups is 1. The van der Waals surface area contributed by atoms with Gasteiger partial charge in [0.05, 0.1) is 12.6 Å². The van der Waals surface area contributed by atoms with Crippen LogP contribution in [0.25, 0.3) is 0 Å². The Hall–Kier alpha value is -1.11. The number of aromatic nitrogens is 2. The van der Waals surface area contributed by atoms with Crippen molar-refractivity contribution in [2.45, 2.75) is 58.2 Å². The summed E-state index contributed by atoms with van der Waals surface area (Å²) >= 11 is 2.04. The van der Waals surface area contributed by atoms with E-state index in [-0.39, 0.29) is 6.09 Å². The van der Waals surface area contributed by atoms with Gasteiger partial charge in [-0.05, 0) is 45.1 Å². The standard InChI is InChI=1S/C16H26BN3O2S/c1-16(2,3)22-15(21)19-7-4-13-12(10-19)14(17)18-20(13)11-5-8-23-9-6-11/h11H,4-10,17H2,1-3H3. The summed E-state index contributed by atoms with van der Waals surface area (Å²) in [7, 11) is 2.06. The van der Waals surface area contributed by atoms with Crippen molar-refractivity contribution in [1.82, 2.24) is 14.7 Å². The SMILES string of the molecule is Bc1nn(C2CCSCC2)c2c1CN(C(=O)OC(C)(C)C)CC2. The second-order valence-electron chi connectivity index (χ2n) is 7.45. The van der Waals surface area contributed by atoms with E-state index in [9.17, 15) is 4.79 Å². The number of carbonyl (C=O) groups excluding carboxylic acids is 1. The van der Waals surface area contributed by atoms with Gasteiger partial charge in [-0.15, -0.1) is 0 Å². The Bertz CT molecular complexity index is 591. The number of amides is 1. The van der Waals surface area contributed by atoms with Crippen molar-refractivity contribution >= 4 is 31.3 Å². The van der Waals surface area contributed by atoms with Crippen LogP contribution in [0.5, 0.6) is 0 Å². The molecule has 0 spiro atoms. The lowest BCUT2D eigenvalue weighted by molar-refractivity contribution is 0.0222. The summed E-state index contributed by atoms with van der Waals surface area (Å²) in [5.41, 5.74) is 3.17. The minimum absolute atomic E-state index is 0.218. The predicted octanol–water partition coefficient (Wildman–Crippen LogP) is 1.50. The Morgan fingerprint density at radius 3 is 2.70 bits per heavy atom. The fourth-order valence-electron chi connectivity index (χ4n) is 3.33. The minimum Gasteiger partial charge on any atom is -0.444 e. The quantitative estimate of drug-likeness (QED) is 0.730. The van der Waals surface area contributed by atoms with Crippen LogP contribution in [0.1, 0.15) is 50.9 Å². The molecule has 126 valence electrons. The molecule has 0 aliphatic carbocycles. The second kappa shape index (κ2) is 6.42. The van der Waals surface area contributed by atoms with E-state index in [2.05, 4.69) is 12.5 Å². The molecule has 1 aromatic rings. The molecule has 0 bridgehead atoms. The van der Waals surface area contributed by atoms with Crippen molar-refractivity contribution in [2.75, 3.05) is 18.1 Å². The highest BCUT2D eigenvalue weighted by Crippen LogP contribution is 2.30. The normalized spacial score (nSPS) is 19.5. The molecule has 5 nitrogen and oxygen atoms in total. The van der Waals surface area contributed by atoms with Crippen LogP contribution in [0.15, 0.2) is 0 Å². The number of rotatable bonds is 1. The molecule has 0 saturated carbocycles. The first-order valence-corrected chi connectivity index (χ1v) is 9.63. The molecule has 3 rings (SSSR count). The molecular formula is C16H26BN3O2S. The lowest BCUT2D eigenvalue weighted by Gasteiger charge is -2.31. The summed E-state index contributed by atoms with van der Waals surface area (Å²) in [6.45, 7) is 7.06. The van der Waals surface area contributed by atoms with Crippen molar-refractivity contribution < 1.29 is 9.53 Å². The molecule has 1 saturated heterocycles. The lowest BCUT2D eigenvalue weighted by atomic mass is 9.94. The zero-order valence-electron chi connectivity index (χ0n) is 14.6. The van der Waals surface area contributed by atoms with Crippen molar-refractivity contribution in [1.29, 1.82) is 0 Å². The fraction of sp³-hybridized carbons (Fsp3) is 0.750. The highest BCUT2D eigenvalue weighted by Gasteiger charge is 2.30. The van der Waals surface area contributed by atoms with E-state index in [4.69, 9.17) is 9.84 Å². The van der Waals surface area contributed by atoms with Gasteiger partial charge in [-0.2, -0.15) is 16.9 Å². The maximum Gasteiger partial charge on any atom is 0.410 e. The molecular weight excluding hydrogens is 309 g/mol. The Morgan fingerprint density at radius 2 is 2.04 bits per heavy atom. The molecule has 1 amide bonds. The van der Waals surface area contributed by atoms with Gasteiger partial charge >= 0.3 is 6.09 Å². The summed E-state index contributed by atoms with van der Waals surface area (Å²) in [5, 5.41) is 4.81. The van der Waals surface area contributed by atoms with Gasteiger partial charge in [0.15, 0.2) is 7.85 Å². The van der Waals surface area contributed by atoms with Crippen LogP contribution < -0.4 is 5.59 Å². The molecule has 0 unspecified atom stereocenters. The molecule has 0 atom stereocenters. The van der Waals surface area contributed by atoms with E-state index >= 15 is 0 Å². The van der Waals surface area contributed by atoms with Crippen LogP contribution >= 0.6 is 11.8 Å². The van der Waals surface area contributed by atoms with Gasteiger partial charge in [0.2, 0.25) is 0 Å². The molecule has 23 heavy (non-hydrogen) atoms. The van der Waals surface area contributed by atoms with Gasteiger partial charge in [0.25, 0.3) is 0 Å². The van der Waals surface area contributed by atoms with Gasteiger partial charge in [-0.1, -0.05) is 0 Å². The molecule has 7 heteroatoms. The zero-order chi connectivity index (χ0) is 16.6. The van der Waals surface area contributed by atoms with Gasteiger partial charge in [-0.3, -0.25) is 4.68 Å². The maximum absolute atomic E-state index is 12.3. The average molecular weight is 335 g/mol. The smallest absolute Gasteiger partial charge is 0.410 e. The van der Waals surface area contributed by atoms with E-state index in [0.717, 1.165) is 12.0 Å². The van der Waals surface area contributed by atoms with Crippen LogP contribution in [0.2, 0.25) is 0 Å². The predicted molar refractivity (Wildman–Crippen MR) is 96.3 cm³/mol. The first kappa shape index (κ1) is 16.7. The Kier molecular flexibility index (Phi) is 4.67. The van der Waals surface area contributed by atoms with Gasteiger partial charge in [-0.25, -0.2) is 4.79 Å². The van der Waals surface area contributed by atoms with Gasteiger partial charge < -0.3 is 9.64 Å². The first-order valence-electron chi connectivity index (χ1n) is 8.47. The molecule has 3 heterocycles. The third-order valence-electron chi connectivity index (χ3n) is 4.48. The van der Waals surface area contributed by atoms with Gasteiger partial charge in [0.1, 0.15) is 5.60 Å². The Balaban J connectivity index is 1.76. The van der Waals surface area contributed by atoms with Crippen molar-refractivity contribution in [3.63, 3.8) is 0 Å². The molecule has 2 aliphatic heterocycles. The van der Waals surface area contributed by atoms with Crippen LogP contribution in [0.3, 0.4) is 0 Å². The maximum atomic E-state index is 12.3. The number of ether oxygens (including phenoxy) is 1. The molecule has 0 aromatic carbocycles. The monoisotopic (exact) mass is 335 g/mol. The number of hydrogen-bond acceptors (Lipinski definition) is 4. The minimum atomic E-state index is -0.448. The zero-order valence-corrected chi connectivity index (χ0v) is 15.4. The van der Waals surface area contributed by atoms with E-state index in [1.54, 1.807) is 0 Å². The second-order valence-corrected chi connectivity index (χ2v) is 8.68. The average Bonchev–Trinajstić information content (AvgIpc) is 2.83. The molecule has 0 radical (unpaired) electrons. The van der Waals surface area contributed by atoms with Crippen LogP contribution in [-0.2, 0) is 17.7 Å². The van der Waals surface area contributed by atoms with E-state index in [0.29, 0.717) is 19.1 Å². The highest BCUT2D eigenvalue weighted by atomic mass is 32.2. The van der Waals surface area contributed by atoms with E-state index in [1.807, 2.05) is 37.4 Å². The third-order valence-corrected chi connectivity index (χ3v) is 5.52. The number of fused-ring (bicyclic) bond motifs is 1. The highest BCUT2D eigenvalue weighted by molar-refractivity contribution is 7.99. The van der Waals surface area contributed by atoms with Crippen LogP contribution in [-0.4, -0.2) is 52.3 Å². The van der Waals surface area contributed by atoms with E-state index < -0.39 is 5.60 Å². The molecule has 2 aliphatic rings. The van der Waals surface area contributed by atoms with Crippen molar-refractivity contribution in [2.24, 2.45) is 0 Å². The van der Waals surface area contributed by atoms with E-state index in [1.165, 1.54) is 35.6 Å². The Labute approximate surface area is 143 Å². The third kappa shape index (κ3) is 3.70. The molecule has 1 aromatic heterocycles. The largest absolute Gasteiger partial charge is 0.444 e. The number of carbonyl (C=O) groups is 1. The number of hydrogen-bond donors (Lipinski definition) is 0. The van der Waals surface area contributed by atoms with Crippen LogP contribution in [0, 0.1) is 0 Å². The number of nitrogens with zero attached hydrogens (tertiary/aromatic N) is 3. The Morgan fingerprint density at radius 1 is 1.35 bits per heavy atom. The van der Waals surface area contributed by atoms with Crippen molar-refractivity contribution in [3.05, 3.63) is 11.3 Å². The topological polar surface area (TPSA) is 47.4 Å². The summed E-state index contributed by atoms with van der Waals surface area (Å²) in [6.07, 6.45) is 3.06. The van der Waals surface area contributed by atoms with Crippen molar-refractivity contribution in [3.8, 4) is 0 Å². The molecule has 1 fully saturated rings. The molecule has 0 N–H and O–H groups in total. The summed E-state index contributed by atoms with van der Waals surface area (Å²) in [5.74, 6) is 2.45. The first-order chi connectivity index (χ1) is 10.8. The fourth-order valence-corrected chi connectivity index (χ4v) is 4.41. The lowest BCUT2D eigenvalue weighted by Crippen LogP contribution is -2.41. The van der Waals surface area contributed by atoms with Crippen LogP contribution in [0.4, 0.5) is 4.79 Å².